The van der Waals surface area contributed by atoms with Gasteiger partial charge >= 0.3 is 0 Å². The van der Waals surface area contributed by atoms with E-state index in [4.69, 9.17) is 9.84 Å². The third-order valence-corrected chi connectivity index (χ3v) is 3.49. The molecule has 2 saturated heterocycles. The summed E-state index contributed by atoms with van der Waals surface area (Å²) in [6.45, 7) is 8.52. The summed E-state index contributed by atoms with van der Waals surface area (Å²) in [6.07, 6.45) is 1.28. The minimum absolute atomic E-state index is 0.0247. The molecule has 2 atom stereocenters. The summed E-state index contributed by atoms with van der Waals surface area (Å²) < 4.78 is 5.45. The zero-order valence-electron chi connectivity index (χ0n) is 9.54. The summed E-state index contributed by atoms with van der Waals surface area (Å²) in [5.74, 6) is 0. The Hall–Kier alpha value is -0.160. The zero-order valence-corrected chi connectivity index (χ0v) is 9.54. The van der Waals surface area contributed by atoms with E-state index in [1.807, 2.05) is 0 Å². The molecule has 2 aliphatic rings. The van der Waals surface area contributed by atoms with E-state index in [1.54, 1.807) is 0 Å². The number of rotatable bonds is 3. The van der Waals surface area contributed by atoms with Gasteiger partial charge in [-0.25, -0.2) is 0 Å². The molecule has 2 N–H and O–H groups in total. The molecule has 4 nitrogen and oxygen atoms in total. The molecule has 2 unspecified atom stereocenters. The molecule has 2 rings (SSSR count). The fourth-order valence-corrected chi connectivity index (χ4v) is 2.58. The van der Waals surface area contributed by atoms with Crippen LogP contribution in [0.5, 0.6) is 0 Å². The van der Waals surface area contributed by atoms with Crippen molar-refractivity contribution < 1.29 is 9.84 Å². The summed E-state index contributed by atoms with van der Waals surface area (Å²) in [5, 5.41) is 12.5. The maximum Gasteiger partial charge on any atom is 0.0932 e. The minimum atomic E-state index is 0.0247. The van der Waals surface area contributed by atoms with Crippen molar-refractivity contribution in [1.29, 1.82) is 0 Å². The lowest BCUT2D eigenvalue weighted by Gasteiger charge is -2.37. The van der Waals surface area contributed by atoms with Crippen LogP contribution < -0.4 is 5.32 Å². The lowest BCUT2D eigenvalue weighted by Crippen LogP contribution is -2.48. The molecule has 0 amide bonds. The fraction of sp³-hybridized carbons (Fsp3) is 1.00. The van der Waals surface area contributed by atoms with Crippen LogP contribution in [0.15, 0.2) is 0 Å². The van der Waals surface area contributed by atoms with Crippen molar-refractivity contribution in [2.24, 2.45) is 5.41 Å². The summed E-state index contributed by atoms with van der Waals surface area (Å²) in [7, 11) is 0. The summed E-state index contributed by atoms with van der Waals surface area (Å²) in [6, 6.07) is 0. The van der Waals surface area contributed by atoms with Gasteiger partial charge in [-0.1, -0.05) is 6.92 Å². The van der Waals surface area contributed by atoms with Crippen molar-refractivity contribution in [2.45, 2.75) is 19.4 Å². The van der Waals surface area contributed by atoms with Gasteiger partial charge in [0.2, 0.25) is 0 Å². The highest BCUT2D eigenvalue weighted by Crippen LogP contribution is 2.26. The maximum atomic E-state index is 9.07. The highest BCUT2D eigenvalue weighted by molar-refractivity contribution is 4.87. The van der Waals surface area contributed by atoms with Crippen molar-refractivity contribution >= 4 is 0 Å². The quantitative estimate of drug-likeness (QED) is 0.676. The van der Waals surface area contributed by atoms with Gasteiger partial charge in [0.15, 0.2) is 0 Å². The average molecular weight is 214 g/mol. The molecule has 4 heteroatoms. The second kappa shape index (κ2) is 4.78. The normalized spacial score (nSPS) is 38.4. The zero-order chi connectivity index (χ0) is 10.7. The highest BCUT2D eigenvalue weighted by Gasteiger charge is 2.32. The molecule has 0 bridgehead atoms. The van der Waals surface area contributed by atoms with Crippen molar-refractivity contribution in [1.82, 2.24) is 10.2 Å². The maximum absolute atomic E-state index is 9.07. The first-order valence-electron chi connectivity index (χ1n) is 5.87. The molecule has 0 spiro atoms. The molecular weight excluding hydrogens is 192 g/mol. The summed E-state index contributed by atoms with van der Waals surface area (Å²) >= 11 is 0. The van der Waals surface area contributed by atoms with Crippen LogP contribution in [0.1, 0.15) is 13.3 Å². The Labute approximate surface area is 91.6 Å². The average Bonchev–Trinajstić information content (AvgIpc) is 2.65. The van der Waals surface area contributed by atoms with Gasteiger partial charge < -0.3 is 15.2 Å². The molecule has 2 heterocycles. The van der Waals surface area contributed by atoms with Crippen LogP contribution in [0.3, 0.4) is 0 Å². The molecule has 0 aliphatic carbocycles. The van der Waals surface area contributed by atoms with Crippen LogP contribution in [0.4, 0.5) is 0 Å². The Morgan fingerprint density at radius 3 is 3.13 bits per heavy atom. The Balaban J connectivity index is 1.83. The Morgan fingerprint density at radius 1 is 1.60 bits per heavy atom. The van der Waals surface area contributed by atoms with E-state index in [1.165, 1.54) is 6.42 Å². The van der Waals surface area contributed by atoms with E-state index in [-0.39, 0.29) is 12.7 Å². The lowest BCUT2D eigenvalue weighted by atomic mass is 9.89. The monoisotopic (exact) mass is 214 g/mol. The largest absolute Gasteiger partial charge is 0.394 e. The molecule has 0 radical (unpaired) electrons. The van der Waals surface area contributed by atoms with Crippen molar-refractivity contribution in [3.05, 3.63) is 0 Å². The van der Waals surface area contributed by atoms with Gasteiger partial charge in [-0.15, -0.1) is 0 Å². The van der Waals surface area contributed by atoms with Gasteiger partial charge in [0.05, 0.1) is 19.3 Å². The molecule has 15 heavy (non-hydrogen) atoms. The second-order valence-electron chi connectivity index (χ2n) is 5.15. The van der Waals surface area contributed by atoms with Crippen LogP contribution in [0, 0.1) is 5.41 Å². The number of nitrogens with one attached hydrogen (secondary N) is 1. The minimum Gasteiger partial charge on any atom is -0.394 e. The standard InChI is InChI=1S/C11H22N2O2/c1-11(2-3-12-8-11)9-13-4-5-15-10(6-13)7-14/h10,12,14H,2-9H2,1H3. The molecule has 0 aromatic carbocycles. The number of hydrogen-bond acceptors (Lipinski definition) is 4. The number of hydrogen-bond donors (Lipinski definition) is 2. The second-order valence-corrected chi connectivity index (χ2v) is 5.15. The van der Waals surface area contributed by atoms with Crippen LogP contribution in [-0.4, -0.2) is 62.0 Å². The smallest absolute Gasteiger partial charge is 0.0932 e. The molecule has 2 fully saturated rings. The van der Waals surface area contributed by atoms with Gasteiger partial charge in [0, 0.05) is 26.2 Å². The number of aliphatic hydroxyl groups excluding tert-OH is 1. The summed E-state index contributed by atoms with van der Waals surface area (Å²) in [5.41, 5.74) is 0.414. The van der Waals surface area contributed by atoms with E-state index in [0.29, 0.717) is 5.41 Å². The van der Waals surface area contributed by atoms with Crippen molar-refractivity contribution in [2.75, 3.05) is 45.9 Å². The first-order valence-corrected chi connectivity index (χ1v) is 5.87. The van der Waals surface area contributed by atoms with Gasteiger partial charge in [0.25, 0.3) is 0 Å². The van der Waals surface area contributed by atoms with E-state index in [2.05, 4.69) is 17.1 Å². The van der Waals surface area contributed by atoms with Gasteiger partial charge in [-0.05, 0) is 18.4 Å². The first-order chi connectivity index (χ1) is 7.22. The van der Waals surface area contributed by atoms with E-state index in [9.17, 15) is 0 Å². The van der Waals surface area contributed by atoms with E-state index >= 15 is 0 Å². The third-order valence-electron chi connectivity index (χ3n) is 3.49. The van der Waals surface area contributed by atoms with Crippen LogP contribution in [0.2, 0.25) is 0 Å². The number of nitrogens with zero attached hydrogens (tertiary/aromatic N) is 1. The number of morpholine rings is 1. The molecule has 2 aliphatic heterocycles. The molecular formula is C11H22N2O2. The Kier molecular flexibility index (Phi) is 3.61. The van der Waals surface area contributed by atoms with Crippen LogP contribution in [-0.2, 0) is 4.74 Å². The molecule has 0 aromatic heterocycles. The number of ether oxygens (including phenoxy) is 1. The molecule has 0 saturated carbocycles. The summed E-state index contributed by atoms with van der Waals surface area (Å²) in [4.78, 5) is 2.43. The first kappa shape index (κ1) is 11.3. The van der Waals surface area contributed by atoms with Gasteiger partial charge in [0.1, 0.15) is 0 Å². The van der Waals surface area contributed by atoms with Crippen LogP contribution >= 0.6 is 0 Å². The number of aliphatic hydroxyl groups is 1. The highest BCUT2D eigenvalue weighted by atomic mass is 16.5. The third kappa shape index (κ3) is 2.91. The topological polar surface area (TPSA) is 44.7 Å². The predicted molar refractivity (Wildman–Crippen MR) is 58.9 cm³/mol. The fourth-order valence-electron chi connectivity index (χ4n) is 2.58. The van der Waals surface area contributed by atoms with E-state index < -0.39 is 0 Å². The van der Waals surface area contributed by atoms with Crippen molar-refractivity contribution in [3.8, 4) is 0 Å². The lowest BCUT2D eigenvalue weighted by molar-refractivity contribution is -0.0603. The van der Waals surface area contributed by atoms with Gasteiger partial charge in [-0.2, -0.15) is 0 Å². The van der Waals surface area contributed by atoms with Crippen molar-refractivity contribution in [3.63, 3.8) is 0 Å². The Morgan fingerprint density at radius 2 is 2.47 bits per heavy atom. The molecule has 88 valence electrons. The van der Waals surface area contributed by atoms with E-state index in [0.717, 1.165) is 39.3 Å². The molecule has 0 aromatic rings. The van der Waals surface area contributed by atoms with Gasteiger partial charge in [-0.3, -0.25) is 4.90 Å². The Bertz CT molecular complexity index is 205. The SMILES string of the molecule is CC1(CN2CCOC(CO)C2)CCNC1. The predicted octanol–water partition coefficient (Wildman–Crippen LogP) is -0.321. The van der Waals surface area contributed by atoms with Crippen LogP contribution in [0.25, 0.3) is 0 Å².